The summed E-state index contributed by atoms with van der Waals surface area (Å²) in [6.07, 6.45) is 0. The Hall–Kier alpha value is 0.400. The van der Waals surface area contributed by atoms with Crippen LogP contribution in [0.25, 0.3) is 0 Å². The lowest BCUT2D eigenvalue weighted by Crippen LogP contribution is -2.03. The molecule has 10 heavy (non-hydrogen) atoms. The highest BCUT2D eigenvalue weighted by atomic mass is 35.5. The van der Waals surface area contributed by atoms with E-state index in [1.807, 2.05) is 0 Å². The summed E-state index contributed by atoms with van der Waals surface area (Å²) in [6.45, 7) is 2.21. The Morgan fingerprint density at radius 1 is 1.60 bits per heavy atom. The summed E-state index contributed by atoms with van der Waals surface area (Å²) in [4.78, 5) is 10.1. The molecular weight excluding hydrogens is 195 g/mol. The molecule has 0 bridgehead atoms. The molecule has 0 saturated heterocycles. The third kappa shape index (κ3) is 15.8. The van der Waals surface area contributed by atoms with E-state index in [4.69, 9.17) is 23.2 Å². The third-order valence-corrected chi connectivity index (χ3v) is 0.693. The van der Waals surface area contributed by atoms with E-state index >= 15 is 0 Å². The summed E-state index contributed by atoms with van der Waals surface area (Å²) in [6, 6.07) is 0. The highest BCUT2D eigenvalue weighted by molar-refractivity contribution is 7.81. The average Bonchev–Trinajstić information content (AvgIpc) is 1.90. The van der Waals surface area contributed by atoms with Crippen LogP contribution in [0, 0.1) is 0 Å². The summed E-state index contributed by atoms with van der Waals surface area (Å²) < 4.78 is 4.48. The fraction of sp³-hybridized carbons (Fsp3) is 0.800. The molecule has 0 radical (unpaired) electrons. The van der Waals surface area contributed by atoms with Crippen molar-refractivity contribution in [3.05, 3.63) is 0 Å². The Kier molecular flexibility index (Phi) is 15.8. The first-order valence-electron chi connectivity index (χ1n) is 2.61. The minimum atomic E-state index is -0.258. The Bertz CT molecular complexity index is 80.0. The first-order valence-corrected chi connectivity index (χ1v) is 4.31. The lowest BCUT2D eigenvalue weighted by Gasteiger charge is -1.93. The number of carbonyl (C=O) groups is 1. The second kappa shape index (κ2) is 12.1. The SMILES string of the molecule is CCOC(=O)CS.ClCCl. The smallest absolute Gasteiger partial charge is 0.315 e. The predicted octanol–water partition coefficient (Wildman–Crippen LogP) is 1.90. The molecule has 0 aliphatic carbocycles. The van der Waals surface area contributed by atoms with Crippen molar-refractivity contribution in [1.82, 2.24) is 0 Å². The van der Waals surface area contributed by atoms with E-state index in [1.54, 1.807) is 6.92 Å². The van der Waals surface area contributed by atoms with Gasteiger partial charge in [0, 0.05) is 0 Å². The van der Waals surface area contributed by atoms with Crippen molar-refractivity contribution in [2.24, 2.45) is 0 Å². The van der Waals surface area contributed by atoms with Crippen LogP contribution in [-0.4, -0.2) is 23.7 Å². The molecule has 5 heteroatoms. The molecule has 0 aromatic carbocycles. The zero-order valence-electron chi connectivity index (χ0n) is 5.64. The van der Waals surface area contributed by atoms with Gasteiger partial charge in [-0.2, -0.15) is 12.6 Å². The van der Waals surface area contributed by atoms with Gasteiger partial charge in [-0.15, -0.1) is 23.2 Å². The molecule has 2 nitrogen and oxygen atoms in total. The summed E-state index contributed by atoms with van der Waals surface area (Å²) in [5.41, 5.74) is 0. The number of thiol groups is 1. The summed E-state index contributed by atoms with van der Waals surface area (Å²) in [5, 5.41) is 0.194. The third-order valence-electron chi connectivity index (χ3n) is 0.434. The first kappa shape index (κ1) is 13.0. The van der Waals surface area contributed by atoms with E-state index in [0.717, 1.165) is 0 Å². The van der Waals surface area contributed by atoms with Crippen molar-refractivity contribution in [3.63, 3.8) is 0 Å². The van der Waals surface area contributed by atoms with Gasteiger partial charge in [-0.05, 0) is 6.92 Å². The summed E-state index contributed by atoms with van der Waals surface area (Å²) in [7, 11) is 0. The van der Waals surface area contributed by atoms with Crippen LogP contribution in [0.1, 0.15) is 6.92 Å². The van der Waals surface area contributed by atoms with E-state index in [-0.39, 0.29) is 17.1 Å². The lowest BCUT2D eigenvalue weighted by atomic mass is 10.8. The highest BCUT2D eigenvalue weighted by Crippen LogP contribution is 1.78. The average molecular weight is 205 g/mol. The Labute approximate surface area is 76.2 Å². The Morgan fingerprint density at radius 3 is 2.10 bits per heavy atom. The minimum Gasteiger partial charge on any atom is -0.465 e. The van der Waals surface area contributed by atoms with Crippen LogP contribution in [0.3, 0.4) is 0 Å². The van der Waals surface area contributed by atoms with Crippen LogP contribution in [-0.2, 0) is 9.53 Å². The topological polar surface area (TPSA) is 26.3 Å². The summed E-state index contributed by atoms with van der Waals surface area (Å²) in [5.74, 6) is -0.0840. The second-order valence-corrected chi connectivity index (χ2v) is 2.19. The number of halogens is 2. The standard InChI is InChI=1S/C4H8O2S.CH2Cl2/c1-2-6-4(5)3-7;2-1-3/h7H,2-3H2,1H3;1H2. The van der Waals surface area contributed by atoms with Crippen molar-refractivity contribution in [2.45, 2.75) is 6.92 Å². The molecule has 0 unspecified atom stereocenters. The fourth-order valence-electron chi connectivity index (χ4n) is 0.207. The molecular formula is C5H10Cl2O2S. The maximum atomic E-state index is 10.1. The number of rotatable bonds is 2. The van der Waals surface area contributed by atoms with Gasteiger partial charge in [0.05, 0.1) is 17.7 Å². The predicted molar refractivity (Wildman–Crippen MR) is 47.1 cm³/mol. The zero-order valence-corrected chi connectivity index (χ0v) is 8.05. The monoisotopic (exact) mass is 204 g/mol. The number of hydrogen-bond acceptors (Lipinski definition) is 3. The fourth-order valence-corrected chi connectivity index (χ4v) is 0.298. The molecule has 0 aromatic heterocycles. The van der Waals surface area contributed by atoms with Gasteiger partial charge in [0.2, 0.25) is 0 Å². The Balaban J connectivity index is 0. The quantitative estimate of drug-likeness (QED) is 0.423. The van der Waals surface area contributed by atoms with E-state index in [2.05, 4.69) is 17.4 Å². The van der Waals surface area contributed by atoms with Crippen LogP contribution in [0.5, 0.6) is 0 Å². The van der Waals surface area contributed by atoms with Crippen molar-refractivity contribution >= 4 is 41.8 Å². The van der Waals surface area contributed by atoms with Gasteiger partial charge in [-0.3, -0.25) is 4.79 Å². The number of ether oxygens (including phenoxy) is 1. The highest BCUT2D eigenvalue weighted by Gasteiger charge is 1.91. The molecule has 0 fully saturated rings. The van der Waals surface area contributed by atoms with E-state index < -0.39 is 0 Å². The molecule has 0 heterocycles. The molecule has 0 aliphatic rings. The van der Waals surface area contributed by atoms with Gasteiger partial charge in [-0.1, -0.05) is 0 Å². The van der Waals surface area contributed by atoms with Gasteiger partial charge in [-0.25, -0.2) is 0 Å². The molecule has 0 atom stereocenters. The van der Waals surface area contributed by atoms with Crippen LogP contribution < -0.4 is 0 Å². The normalized spacial score (nSPS) is 7.60. The molecule has 0 amide bonds. The van der Waals surface area contributed by atoms with Crippen LogP contribution in [0.2, 0.25) is 0 Å². The molecule has 0 saturated carbocycles. The van der Waals surface area contributed by atoms with Crippen molar-refractivity contribution < 1.29 is 9.53 Å². The zero-order chi connectivity index (χ0) is 8.41. The van der Waals surface area contributed by atoms with E-state index in [9.17, 15) is 4.79 Å². The summed E-state index contributed by atoms with van der Waals surface area (Å²) >= 11 is 13.2. The minimum absolute atomic E-state index is 0.174. The first-order chi connectivity index (χ1) is 4.72. The van der Waals surface area contributed by atoms with Crippen molar-refractivity contribution in [2.75, 3.05) is 17.7 Å². The molecule has 0 aromatic rings. The molecule has 62 valence electrons. The van der Waals surface area contributed by atoms with Gasteiger partial charge < -0.3 is 4.74 Å². The molecule has 0 aliphatic heterocycles. The number of carbonyl (C=O) groups excluding carboxylic acids is 1. The maximum Gasteiger partial charge on any atom is 0.315 e. The molecule has 0 rings (SSSR count). The second-order valence-electron chi connectivity index (χ2n) is 1.06. The van der Waals surface area contributed by atoms with E-state index in [0.29, 0.717) is 6.61 Å². The van der Waals surface area contributed by atoms with Gasteiger partial charge in [0.1, 0.15) is 0 Å². The number of alkyl halides is 2. The van der Waals surface area contributed by atoms with Crippen molar-refractivity contribution in [3.8, 4) is 0 Å². The Morgan fingerprint density at radius 2 is 2.00 bits per heavy atom. The van der Waals surface area contributed by atoms with Crippen LogP contribution in [0.4, 0.5) is 0 Å². The van der Waals surface area contributed by atoms with E-state index in [1.165, 1.54) is 0 Å². The number of hydrogen-bond donors (Lipinski definition) is 1. The largest absolute Gasteiger partial charge is 0.465 e. The number of esters is 1. The lowest BCUT2D eigenvalue weighted by molar-refractivity contribution is -0.139. The van der Waals surface area contributed by atoms with Crippen LogP contribution in [0.15, 0.2) is 0 Å². The molecule has 0 spiro atoms. The van der Waals surface area contributed by atoms with Gasteiger partial charge >= 0.3 is 5.97 Å². The van der Waals surface area contributed by atoms with Gasteiger partial charge in [0.15, 0.2) is 0 Å². The van der Waals surface area contributed by atoms with Crippen LogP contribution >= 0.6 is 35.8 Å². The van der Waals surface area contributed by atoms with Crippen molar-refractivity contribution in [1.29, 1.82) is 0 Å². The maximum absolute atomic E-state index is 10.1. The molecule has 0 N–H and O–H groups in total. The van der Waals surface area contributed by atoms with Gasteiger partial charge in [0.25, 0.3) is 0 Å².